The predicted octanol–water partition coefficient (Wildman–Crippen LogP) is 1.87. The summed E-state index contributed by atoms with van der Waals surface area (Å²) in [5, 5.41) is 10.6. The molecule has 4 nitrogen and oxygen atoms in total. The Morgan fingerprint density at radius 3 is 2.10 bits per heavy atom. The highest BCUT2D eigenvalue weighted by Crippen LogP contribution is 2.29. The summed E-state index contributed by atoms with van der Waals surface area (Å²) in [7, 11) is 0. The third kappa shape index (κ3) is 3.95. The number of hydrogen-bond donors (Lipinski definition) is 1. The molecule has 1 saturated carbocycles. The van der Waals surface area contributed by atoms with E-state index in [1.165, 1.54) is 6.42 Å². The summed E-state index contributed by atoms with van der Waals surface area (Å²) in [6, 6.07) is 0. The third-order valence-corrected chi connectivity index (χ3v) is 4.60. The monoisotopic (exact) mass is 282 g/mol. The van der Waals surface area contributed by atoms with Gasteiger partial charge in [-0.2, -0.15) is 0 Å². The van der Waals surface area contributed by atoms with Gasteiger partial charge in [-0.1, -0.05) is 40.0 Å². The van der Waals surface area contributed by atoms with E-state index in [0.717, 1.165) is 58.4 Å². The lowest BCUT2D eigenvalue weighted by Gasteiger charge is -2.42. The number of piperazine rings is 1. The Hall–Kier alpha value is -0.610. The SMILES string of the molecule is CC(C)(C)C(=O)N1CCN(CC2(O)CCCCC2)CC1. The molecular weight excluding hydrogens is 252 g/mol. The van der Waals surface area contributed by atoms with Gasteiger partial charge in [0.2, 0.25) is 5.91 Å². The maximum absolute atomic E-state index is 12.2. The first-order valence-electron chi connectivity index (χ1n) is 8.04. The van der Waals surface area contributed by atoms with Crippen molar-refractivity contribution < 1.29 is 9.90 Å². The molecule has 2 fully saturated rings. The predicted molar refractivity (Wildman–Crippen MR) is 80.5 cm³/mol. The fourth-order valence-corrected chi connectivity index (χ4v) is 3.37. The molecule has 1 saturated heterocycles. The van der Waals surface area contributed by atoms with Gasteiger partial charge in [-0.25, -0.2) is 0 Å². The number of nitrogens with zero attached hydrogens (tertiary/aromatic N) is 2. The van der Waals surface area contributed by atoms with Crippen molar-refractivity contribution in [3.63, 3.8) is 0 Å². The number of rotatable bonds is 2. The molecule has 1 aliphatic heterocycles. The van der Waals surface area contributed by atoms with E-state index in [1.807, 2.05) is 25.7 Å². The van der Waals surface area contributed by atoms with E-state index in [-0.39, 0.29) is 11.3 Å². The average molecular weight is 282 g/mol. The zero-order valence-corrected chi connectivity index (χ0v) is 13.3. The molecule has 4 heteroatoms. The minimum atomic E-state index is -0.478. The van der Waals surface area contributed by atoms with Crippen molar-refractivity contribution in [2.24, 2.45) is 5.41 Å². The third-order valence-electron chi connectivity index (χ3n) is 4.60. The van der Waals surface area contributed by atoms with Crippen LogP contribution in [0.2, 0.25) is 0 Å². The van der Waals surface area contributed by atoms with Gasteiger partial charge >= 0.3 is 0 Å². The summed E-state index contributed by atoms with van der Waals surface area (Å²) in [6.07, 6.45) is 5.44. The van der Waals surface area contributed by atoms with Gasteiger partial charge in [-0.05, 0) is 12.8 Å². The van der Waals surface area contributed by atoms with E-state index in [9.17, 15) is 9.90 Å². The Kier molecular flexibility index (Phi) is 4.75. The lowest BCUT2D eigenvalue weighted by Crippen LogP contribution is -2.55. The van der Waals surface area contributed by atoms with E-state index >= 15 is 0 Å². The van der Waals surface area contributed by atoms with Crippen LogP contribution >= 0.6 is 0 Å². The van der Waals surface area contributed by atoms with Gasteiger partial charge in [0.15, 0.2) is 0 Å². The van der Waals surface area contributed by atoms with Crippen molar-refractivity contribution in [3.8, 4) is 0 Å². The zero-order chi connectivity index (χ0) is 14.8. The van der Waals surface area contributed by atoms with Crippen molar-refractivity contribution in [1.29, 1.82) is 0 Å². The first kappa shape index (κ1) is 15.8. The molecule has 20 heavy (non-hydrogen) atoms. The van der Waals surface area contributed by atoms with E-state index in [4.69, 9.17) is 0 Å². The second kappa shape index (κ2) is 6.02. The molecule has 1 heterocycles. The summed E-state index contributed by atoms with van der Waals surface area (Å²) >= 11 is 0. The molecule has 0 atom stereocenters. The van der Waals surface area contributed by atoms with Gasteiger partial charge < -0.3 is 10.0 Å². The van der Waals surface area contributed by atoms with Crippen LogP contribution in [0.4, 0.5) is 0 Å². The van der Waals surface area contributed by atoms with Crippen molar-refractivity contribution >= 4 is 5.91 Å². The van der Waals surface area contributed by atoms with E-state index in [2.05, 4.69) is 4.90 Å². The molecule has 1 N–H and O–H groups in total. The van der Waals surface area contributed by atoms with Crippen LogP contribution in [0, 0.1) is 5.41 Å². The molecule has 0 aromatic carbocycles. The van der Waals surface area contributed by atoms with Crippen molar-refractivity contribution in [2.75, 3.05) is 32.7 Å². The Morgan fingerprint density at radius 1 is 1.05 bits per heavy atom. The van der Waals surface area contributed by atoms with Crippen molar-refractivity contribution in [3.05, 3.63) is 0 Å². The molecule has 0 unspecified atom stereocenters. The van der Waals surface area contributed by atoms with Gasteiger partial charge in [0.1, 0.15) is 0 Å². The topological polar surface area (TPSA) is 43.8 Å². The van der Waals surface area contributed by atoms with Crippen LogP contribution in [0.3, 0.4) is 0 Å². The molecule has 2 aliphatic rings. The lowest BCUT2D eigenvalue weighted by atomic mass is 9.84. The van der Waals surface area contributed by atoms with Crippen LogP contribution in [-0.4, -0.2) is 59.1 Å². The van der Waals surface area contributed by atoms with E-state index < -0.39 is 5.60 Å². The molecule has 1 amide bonds. The molecule has 0 aromatic heterocycles. The minimum Gasteiger partial charge on any atom is -0.389 e. The Morgan fingerprint density at radius 2 is 1.60 bits per heavy atom. The van der Waals surface area contributed by atoms with Crippen molar-refractivity contribution in [2.45, 2.75) is 58.5 Å². The highest BCUT2D eigenvalue weighted by Gasteiger charge is 2.34. The summed E-state index contributed by atoms with van der Waals surface area (Å²) < 4.78 is 0. The number of carbonyl (C=O) groups is 1. The maximum atomic E-state index is 12.2. The summed E-state index contributed by atoms with van der Waals surface area (Å²) in [5.41, 5.74) is -0.766. The summed E-state index contributed by atoms with van der Waals surface area (Å²) in [4.78, 5) is 16.5. The largest absolute Gasteiger partial charge is 0.389 e. The Bertz CT molecular complexity index is 335. The van der Waals surface area contributed by atoms with Crippen molar-refractivity contribution in [1.82, 2.24) is 9.80 Å². The Balaban J connectivity index is 1.81. The van der Waals surface area contributed by atoms with E-state index in [1.54, 1.807) is 0 Å². The molecule has 0 bridgehead atoms. The van der Waals surface area contributed by atoms with Crippen LogP contribution in [0.25, 0.3) is 0 Å². The first-order valence-corrected chi connectivity index (χ1v) is 8.04. The zero-order valence-electron chi connectivity index (χ0n) is 13.3. The number of hydrogen-bond acceptors (Lipinski definition) is 3. The van der Waals surface area contributed by atoms with Crippen LogP contribution in [0.15, 0.2) is 0 Å². The van der Waals surface area contributed by atoms with E-state index in [0.29, 0.717) is 0 Å². The normalized spacial score (nSPS) is 24.7. The van der Waals surface area contributed by atoms with Crippen LogP contribution in [0.1, 0.15) is 52.9 Å². The molecular formula is C16H30N2O2. The van der Waals surface area contributed by atoms with Crippen LogP contribution in [0.5, 0.6) is 0 Å². The minimum absolute atomic E-state index is 0.244. The average Bonchev–Trinajstić information content (AvgIpc) is 2.38. The number of carbonyl (C=O) groups excluding carboxylic acids is 1. The quantitative estimate of drug-likeness (QED) is 0.841. The maximum Gasteiger partial charge on any atom is 0.228 e. The smallest absolute Gasteiger partial charge is 0.228 e. The molecule has 1 aliphatic carbocycles. The fraction of sp³-hybridized carbons (Fsp3) is 0.938. The lowest BCUT2D eigenvalue weighted by molar-refractivity contribution is -0.141. The highest BCUT2D eigenvalue weighted by atomic mass is 16.3. The van der Waals surface area contributed by atoms with Gasteiger partial charge in [0.05, 0.1) is 5.60 Å². The molecule has 0 spiro atoms. The number of aliphatic hydroxyl groups is 1. The standard InChI is InChI=1S/C16H30N2O2/c1-15(2,3)14(19)18-11-9-17(10-12-18)13-16(20)7-5-4-6-8-16/h20H,4-13H2,1-3H3. The molecule has 0 radical (unpaired) electrons. The molecule has 116 valence electrons. The molecule has 0 aromatic rings. The van der Waals surface area contributed by atoms with Crippen LogP contribution < -0.4 is 0 Å². The number of β-amino-alcohol motifs (C(OH)–C–C–N with tert-alkyl or cyclic N) is 1. The van der Waals surface area contributed by atoms with Crippen LogP contribution in [-0.2, 0) is 4.79 Å². The fourth-order valence-electron chi connectivity index (χ4n) is 3.37. The van der Waals surface area contributed by atoms with Gasteiger partial charge in [-0.3, -0.25) is 9.69 Å². The molecule has 2 rings (SSSR count). The first-order chi connectivity index (χ1) is 9.30. The van der Waals surface area contributed by atoms with Gasteiger partial charge in [0, 0.05) is 38.1 Å². The second-order valence-electron chi connectivity index (χ2n) is 7.60. The summed E-state index contributed by atoms with van der Waals surface area (Å²) in [6.45, 7) is 10.1. The second-order valence-corrected chi connectivity index (χ2v) is 7.60. The van der Waals surface area contributed by atoms with Gasteiger partial charge in [-0.15, -0.1) is 0 Å². The summed E-state index contributed by atoms with van der Waals surface area (Å²) in [5.74, 6) is 0.244. The highest BCUT2D eigenvalue weighted by molar-refractivity contribution is 5.81. The number of amides is 1. The Labute approximate surface area is 123 Å². The van der Waals surface area contributed by atoms with Gasteiger partial charge in [0.25, 0.3) is 0 Å².